The number of halogens is 2. The molecule has 0 aromatic carbocycles. The number of hydrogen-bond acceptors (Lipinski definition) is 3. The van der Waals surface area contributed by atoms with Crippen LogP contribution in [0.25, 0.3) is 5.65 Å². The number of aromatic nitrogens is 2. The highest BCUT2D eigenvalue weighted by Gasteiger charge is 2.12. The third-order valence-corrected chi connectivity index (χ3v) is 6.39. The van der Waals surface area contributed by atoms with Crippen LogP contribution in [0.4, 0.5) is 0 Å². The van der Waals surface area contributed by atoms with Crippen molar-refractivity contribution < 1.29 is 0 Å². The van der Waals surface area contributed by atoms with E-state index in [2.05, 4.69) is 65.7 Å². The molecule has 0 amide bonds. The normalized spacial score (nSPS) is 11.3. The van der Waals surface area contributed by atoms with Gasteiger partial charge in [0.2, 0.25) is 0 Å². The Labute approximate surface area is 136 Å². The fourth-order valence-electron chi connectivity index (χ4n) is 1.91. The standard InChI is InChI=1S/C13H10Br2N2S2/c1-8-10(14)5-11(15)13-16-6-9(17(8)13)7-19-12-3-2-4-18-12/h2-6H,7H2,1H3. The molecule has 3 aromatic rings. The van der Waals surface area contributed by atoms with Gasteiger partial charge in [-0.25, -0.2) is 4.98 Å². The average Bonchev–Trinajstić information content (AvgIpc) is 3.03. The van der Waals surface area contributed by atoms with E-state index in [1.165, 1.54) is 15.6 Å². The van der Waals surface area contributed by atoms with E-state index >= 15 is 0 Å². The first-order chi connectivity index (χ1) is 9.16. The molecule has 3 rings (SSSR count). The van der Waals surface area contributed by atoms with Gasteiger partial charge in [-0.15, -0.1) is 23.1 Å². The summed E-state index contributed by atoms with van der Waals surface area (Å²) >= 11 is 10.8. The SMILES string of the molecule is Cc1c(Br)cc(Br)c2ncc(CSc3cccs3)n12. The van der Waals surface area contributed by atoms with Crippen LogP contribution in [0, 0.1) is 6.92 Å². The lowest BCUT2D eigenvalue weighted by atomic mass is 10.3. The predicted octanol–water partition coefficient (Wildman–Crippen LogP) is 5.52. The summed E-state index contributed by atoms with van der Waals surface area (Å²) in [5, 5.41) is 2.11. The zero-order chi connectivity index (χ0) is 13.4. The number of imidazole rings is 1. The molecule has 6 heteroatoms. The largest absolute Gasteiger partial charge is 0.298 e. The Kier molecular flexibility index (Phi) is 4.03. The Morgan fingerprint density at radius 3 is 2.95 bits per heavy atom. The molecule has 0 fully saturated rings. The smallest absolute Gasteiger partial charge is 0.151 e. The molecule has 0 N–H and O–H groups in total. The van der Waals surface area contributed by atoms with Crippen molar-refractivity contribution in [2.45, 2.75) is 16.9 Å². The molecule has 0 spiro atoms. The minimum Gasteiger partial charge on any atom is -0.298 e. The summed E-state index contributed by atoms with van der Waals surface area (Å²) in [5.74, 6) is 0.922. The number of hydrogen-bond donors (Lipinski definition) is 0. The molecule has 0 bridgehead atoms. The lowest BCUT2D eigenvalue weighted by Crippen LogP contribution is -1.97. The van der Waals surface area contributed by atoms with Crippen LogP contribution in [0.2, 0.25) is 0 Å². The van der Waals surface area contributed by atoms with E-state index in [4.69, 9.17) is 0 Å². The summed E-state index contributed by atoms with van der Waals surface area (Å²) < 4.78 is 5.64. The second-order valence-corrected chi connectivity index (χ2v) is 7.99. The van der Waals surface area contributed by atoms with Crippen molar-refractivity contribution in [3.05, 3.63) is 50.1 Å². The highest BCUT2D eigenvalue weighted by Crippen LogP contribution is 2.31. The maximum atomic E-state index is 4.51. The lowest BCUT2D eigenvalue weighted by Gasteiger charge is -2.08. The van der Waals surface area contributed by atoms with Crippen LogP contribution in [0.1, 0.15) is 11.4 Å². The first-order valence-electron chi connectivity index (χ1n) is 5.64. The van der Waals surface area contributed by atoms with E-state index in [-0.39, 0.29) is 0 Å². The van der Waals surface area contributed by atoms with E-state index in [0.717, 1.165) is 20.3 Å². The number of nitrogens with zero attached hydrogens (tertiary/aromatic N) is 2. The molecule has 0 unspecified atom stereocenters. The third-order valence-electron chi connectivity index (χ3n) is 2.84. The molecule has 98 valence electrons. The van der Waals surface area contributed by atoms with Crippen molar-refractivity contribution in [2.75, 3.05) is 0 Å². The number of pyridine rings is 1. The van der Waals surface area contributed by atoms with Gasteiger partial charge in [-0.3, -0.25) is 4.40 Å². The molecule has 0 radical (unpaired) electrons. The molecular formula is C13H10Br2N2S2. The van der Waals surface area contributed by atoms with Crippen LogP contribution in [0.15, 0.2) is 42.9 Å². The molecule has 19 heavy (non-hydrogen) atoms. The number of aryl methyl sites for hydroxylation is 1. The Morgan fingerprint density at radius 1 is 1.37 bits per heavy atom. The lowest BCUT2D eigenvalue weighted by molar-refractivity contribution is 1.01. The van der Waals surface area contributed by atoms with Crippen molar-refractivity contribution in [3.63, 3.8) is 0 Å². The summed E-state index contributed by atoms with van der Waals surface area (Å²) in [6, 6.07) is 6.28. The molecule has 0 saturated carbocycles. The van der Waals surface area contributed by atoms with Crippen LogP contribution in [0.5, 0.6) is 0 Å². The van der Waals surface area contributed by atoms with E-state index in [0.29, 0.717) is 0 Å². The van der Waals surface area contributed by atoms with Gasteiger partial charge in [0.25, 0.3) is 0 Å². The predicted molar refractivity (Wildman–Crippen MR) is 89.2 cm³/mol. The molecule has 2 nitrogen and oxygen atoms in total. The van der Waals surface area contributed by atoms with Crippen molar-refractivity contribution >= 4 is 60.6 Å². The van der Waals surface area contributed by atoms with Crippen LogP contribution >= 0.6 is 55.0 Å². The maximum Gasteiger partial charge on any atom is 0.151 e. The van der Waals surface area contributed by atoms with Gasteiger partial charge in [-0.1, -0.05) is 6.07 Å². The van der Waals surface area contributed by atoms with Crippen LogP contribution in [-0.4, -0.2) is 9.38 Å². The van der Waals surface area contributed by atoms with Gasteiger partial charge in [0.1, 0.15) is 0 Å². The molecule has 0 atom stereocenters. The molecule has 3 aromatic heterocycles. The first-order valence-corrected chi connectivity index (χ1v) is 9.09. The minimum atomic E-state index is 0.922. The summed E-state index contributed by atoms with van der Waals surface area (Å²) in [6.45, 7) is 2.10. The zero-order valence-electron chi connectivity index (χ0n) is 10.1. The zero-order valence-corrected chi connectivity index (χ0v) is 14.9. The molecule has 0 aliphatic heterocycles. The van der Waals surface area contributed by atoms with Crippen molar-refractivity contribution in [3.8, 4) is 0 Å². The van der Waals surface area contributed by atoms with Crippen LogP contribution < -0.4 is 0 Å². The Bertz CT molecular complexity index is 720. The van der Waals surface area contributed by atoms with Gasteiger partial charge in [-0.05, 0) is 56.3 Å². The quantitative estimate of drug-likeness (QED) is 0.521. The third kappa shape index (κ3) is 2.63. The Hall–Kier alpha value is -0.300. The second-order valence-electron chi connectivity index (χ2n) is 4.05. The minimum absolute atomic E-state index is 0.922. The van der Waals surface area contributed by atoms with E-state index in [1.807, 2.05) is 24.0 Å². The van der Waals surface area contributed by atoms with E-state index < -0.39 is 0 Å². The van der Waals surface area contributed by atoms with Gasteiger partial charge in [0.15, 0.2) is 5.65 Å². The van der Waals surface area contributed by atoms with Gasteiger partial charge in [0.05, 0.1) is 20.6 Å². The fourth-order valence-corrected chi connectivity index (χ4v) is 4.86. The van der Waals surface area contributed by atoms with Gasteiger partial charge >= 0.3 is 0 Å². The summed E-state index contributed by atoms with van der Waals surface area (Å²) in [7, 11) is 0. The Balaban J connectivity index is 2.00. The van der Waals surface area contributed by atoms with E-state index in [1.54, 1.807) is 11.3 Å². The highest BCUT2D eigenvalue weighted by atomic mass is 79.9. The second kappa shape index (κ2) is 5.60. The van der Waals surface area contributed by atoms with Crippen molar-refractivity contribution in [1.82, 2.24) is 9.38 Å². The maximum absolute atomic E-state index is 4.51. The summed E-state index contributed by atoms with van der Waals surface area (Å²) in [6.07, 6.45) is 1.96. The number of thioether (sulfide) groups is 1. The van der Waals surface area contributed by atoms with Crippen LogP contribution in [-0.2, 0) is 5.75 Å². The fraction of sp³-hybridized carbons (Fsp3) is 0.154. The Morgan fingerprint density at radius 2 is 2.21 bits per heavy atom. The molecular weight excluding hydrogens is 408 g/mol. The number of fused-ring (bicyclic) bond motifs is 1. The van der Waals surface area contributed by atoms with Crippen molar-refractivity contribution in [2.24, 2.45) is 0 Å². The van der Waals surface area contributed by atoms with Crippen LogP contribution in [0.3, 0.4) is 0 Å². The first kappa shape index (κ1) is 13.7. The monoisotopic (exact) mass is 416 g/mol. The molecule has 0 aliphatic carbocycles. The molecule has 0 saturated heterocycles. The topological polar surface area (TPSA) is 17.3 Å². The summed E-state index contributed by atoms with van der Waals surface area (Å²) in [5.41, 5.74) is 3.37. The van der Waals surface area contributed by atoms with Gasteiger partial charge in [-0.2, -0.15) is 0 Å². The number of rotatable bonds is 3. The van der Waals surface area contributed by atoms with Crippen molar-refractivity contribution in [1.29, 1.82) is 0 Å². The molecule has 0 aliphatic rings. The average molecular weight is 418 g/mol. The highest BCUT2D eigenvalue weighted by molar-refractivity contribution is 9.11. The van der Waals surface area contributed by atoms with Gasteiger partial charge in [0, 0.05) is 15.9 Å². The van der Waals surface area contributed by atoms with E-state index in [9.17, 15) is 0 Å². The van der Waals surface area contributed by atoms with Gasteiger partial charge < -0.3 is 0 Å². The summed E-state index contributed by atoms with van der Waals surface area (Å²) in [4.78, 5) is 4.51. The number of thiophene rings is 1. The molecule has 3 heterocycles.